The maximum absolute atomic E-state index is 12.4. The van der Waals surface area contributed by atoms with Crippen molar-refractivity contribution in [3.8, 4) is 5.75 Å². The van der Waals surface area contributed by atoms with Crippen LogP contribution in [0.5, 0.6) is 5.75 Å². The third-order valence-corrected chi connectivity index (χ3v) is 3.51. The molecular weight excluding hydrogens is 379 g/mol. The molecule has 28 heavy (non-hydrogen) atoms. The number of tetrazole rings is 1. The third-order valence-electron chi connectivity index (χ3n) is 3.51. The zero-order valence-corrected chi connectivity index (χ0v) is 14.5. The lowest BCUT2D eigenvalue weighted by atomic mass is 10.2. The second-order valence-electron chi connectivity index (χ2n) is 5.55. The van der Waals surface area contributed by atoms with E-state index in [2.05, 4.69) is 30.4 Å². The van der Waals surface area contributed by atoms with Gasteiger partial charge >= 0.3 is 12.4 Å². The first-order valence-electron chi connectivity index (χ1n) is 7.86. The van der Waals surface area contributed by atoms with Gasteiger partial charge in [0.05, 0.1) is 6.54 Å². The van der Waals surface area contributed by atoms with Gasteiger partial charge in [-0.3, -0.25) is 4.90 Å². The average molecular weight is 393 g/mol. The Morgan fingerprint density at radius 3 is 2.64 bits per heavy atom. The molecule has 2 amide bonds. The number of nitrogens with one attached hydrogen (secondary N) is 1. The van der Waals surface area contributed by atoms with Gasteiger partial charge in [-0.05, 0) is 47.2 Å². The fraction of sp³-hybridized carbons (Fsp3) is 0.188. The number of carbonyl (C=O) groups excluding carboxylic acids is 1. The lowest BCUT2D eigenvalue weighted by Gasteiger charge is -2.18. The first kappa shape index (κ1) is 19.1. The van der Waals surface area contributed by atoms with Crippen LogP contribution in [0.25, 0.3) is 0 Å². The van der Waals surface area contributed by atoms with Crippen molar-refractivity contribution in [3.05, 3.63) is 54.5 Å². The molecule has 146 valence electrons. The van der Waals surface area contributed by atoms with Gasteiger partial charge < -0.3 is 10.1 Å². The van der Waals surface area contributed by atoms with Crippen LogP contribution in [0.2, 0.25) is 0 Å². The number of urea groups is 1. The number of alkyl halides is 3. The Morgan fingerprint density at radius 2 is 2.00 bits per heavy atom. The molecule has 0 saturated carbocycles. The zero-order valence-electron chi connectivity index (χ0n) is 14.5. The topological polar surface area (TPSA) is 98.1 Å². The number of rotatable bonds is 5. The fourth-order valence-electron chi connectivity index (χ4n) is 2.22. The minimum Gasteiger partial charge on any atom is -0.406 e. The molecule has 0 aliphatic heterocycles. The van der Waals surface area contributed by atoms with Crippen molar-refractivity contribution in [1.82, 2.24) is 25.2 Å². The van der Waals surface area contributed by atoms with Crippen LogP contribution in [0.4, 0.5) is 29.5 Å². The molecule has 0 aliphatic rings. The lowest BCUT2D eigenvalue weighted by Crippen LogP contribution is -2.31. The fourth-order valence-corrected chi connectivity index (χ4v) is 2.22. The number of halogens is 3. The molecule has 1 N–H and O–H groups in total. The van der Waals surface area contributed by atoms with E-state index in [1.165, 1.54) is 41.4 Å². The van der Waals surface area contributed by atoms with Crippen molar-refractivity contribution in [1.29, 1.82) is 0 Å². The number of ether oxygens (including phenoxy) is 1. The monoisotopic (exact) mass is 393 g/mol. The van der Waals surface area contributed by atoms with E-state index in [-0.39, 0.29) is 5.75 Å². The van der Waals surface area contributed by atoms with Crippen LogP contribution in [-0.4, -0.2) is 44.6 Å². The molecule has 0 unspecified atom stereocenters. The summed E-state index contributed by atoms with van der Waals surface area (Å²) in [6.45, 7) is 0.353. The molecule has 0 radical (unpaired) electrons. The molecule has 9 nitrogen and oxygen atoms in total. The van der Waals surface area contributed by atoms with Crippen molar-refractivity contribution < 1.29 is 22.7 Å². The Labute approximate surface area is 156 Å². The van der Waals surface area contributed by atoms with Gasteiger partial charge in [0.1, 0.15) is 11.6 Å². The average Bonchev–Trinajstić information content (AvgIpc) is 3.14. The van der Waals surface area contributed by atoms with Crippen molar-refractivity contribution >= 4 is 17.5 Å². The molecule has 0 bridgehead atoms. The highest BCUT2D eigenvalue weighted by atomic mass is 19.4. The molecule has 2 aromatic heterocycles. The second kappa shape index (κ2) is 7.90. The van der Waals surface area contributed by atoms with Crippen LogP contribution in [0, 0.1) is 0 Å². The molecule has 1 aromatic carbocycles. The molecule has 3 aromatic rings. The Kier molecular flexibility index (Phi) is 5.38. The SMILES string of the molecule is CN(C(=O)Nc1ccc(OC(F)(F)F)cc1)c1cc(Cn2ncnn2)ccn1. The van der Waals surface area contributed by atoms with Crippen LogP contribution in [0.15, 0.2) is 48.9 Å². The van der Waals surface area contributed by atoms with Gasteiger partial charge in [0.25, 0.3) is 0 Å². The maximum Gasteiger partial charge on any atom is 0.573 e. The van der Waals surface area contributed by atoms with Gasteiger partial charge in [-0.2, -0.15) is 4.80 Å². The van der Waals surface area contributed by atoms with Gasteiger partial charge in [-0.15, -0.1) is 23.4 Å². The van der Waals surface area contributed by atoms with E-state index >= 15 is 0 Å². The Balaban J connectivity index is 1.64. The summed E-state index contributed by atoms with van der Waals surface area (Å²) in [7, 11) is 1.51. The largest absolute Gasteiger partial charge is 0.573 e. The molecule has 12 heteroatoms. The summed E-state index contributed by atoms with van der Waals surface area (Å²) in [5.74, 6) is -0.0120. The summed E-state index contributed by atoms with van der Waals surface area (Å²) >= 11 is 0. The van der Waals surface area contributed by atoms with E-state index in [0.29, 0.717) is 18.1 Å². The number of aromatic nitrogens is 5. The number of nitrogens with zero attached hydrogens (tertiary/aromatic N) is 6. The molecule has 2 heterocycles. The first-order chi connectivity index (χ1) is 13.3. The summed E-state index contributed by atoms with van der Waals surface area (Å²) in [5.41, 5.74) is 1.10. The maximum atomic E-state index is 12.4. The zero-order chi connectivity index (χ0) is 20.1. The Bertz CT molecular complexity index is 930. The molecular formula is C16H14F3N7O2. The van der Waals surface area contributed by atoms with Crippen LogP contribution < -0.4 is 15.0 Å². The minimum absolute atomic E-state index is 0.300. The van der Waals surface area contributed by atoms with Gasteiger partial charge in [-0.25, -0.2) is 9.78 Å². The van der Waals surface area contributed by atoms with Crippen LogP contribution in [-0.2, 0) is 6.54 Å². The van der Waals surface area contributed by atoms with Crippen molar-refractivity contribution in [3.63, 3.8) is 0 Å². The first-order valence-corrected chi connectivity index (χ1v) is 7.86. The minimum atomic E-state index is -4.77. The summed E-state index contributed by atoms with van der Waals surface area (Å²) in [4.78, 5) is 19.2. The van der Waals surface area contributed by atoms with Crippen molar-refractivity contribution in [2.45, 2.75) is 12.9 Å². The number of anilines is 2. The van der Waals surface area contributed by atoms with Crippen LogP contribution in [0.1, 0.15) is 5.56 Å². The van der Waals surface area contributed by atoms with E-state index in [4.69, 9.17) is 0 Å². The summed E-state index contributed by atoms with van der Waals surface area (Å²) in [6.07, 6.45) is -1.93. The normalized spacial score (nSPS) is 11.1. The molecule has 0 aliphatic carbocycles. The van der Waals surface area contributed by atoms with Gasteiger partial charge in [0.2, 0.25) is 0 Å². The van der Waals surface area contributed by atoms with Crippen molar-refractivity contribution in [2.24, 2.45) is 0 Å². The molecule has 0 saturated heterocycles. The van der Waals surface area contributed by atoms with Crippen molar-refractivity contribution in [2.75, 3.05) is 17.3 Å². The van der Waals surface area contributed by atoms with E-state index in [1.54, 1.807) is 12.1 Å². The standard InChI is InChI=1S/C16H14F3N7O2/c1-25(14-8-11(6-7-20-14)9-26-22-10-21-24-26)15(27)23-12-2-4-13(5-3-12)28-16(17,18)19/h2-8,10H,9H2,1H3,(H,23,27). The van der Waals surface area contributed by atoms with E-state index in [9.17, 15) is 18.0 Å². The quantitative estimate of drug-likeness (QED) is 0.716. The number of amides is 2. The highest BCUT2D eigenvalue weighted by Gasteiger charge is 2.31. The lowest BCUT2D eigenvalue weighted by molar-refractivity contribution is -0.274. The number of pyridine rings is 1. The van der Waals surface area contributed by atoms with Gasteiger partial charge in [-0.1, -0.05) is 0 Å². The summed E-state index contributed by atoms with van der Waals surface area (Å²) in [6, 6.07) is 7.72. The van der Waals surface area contributed by atoms with Crippen LogP contribution >= 0.6 is 0 Å². The predicted octanol–water partition coefficient (Wildman–Crippen LogP) is 2.68. The van der Waals surface area contributed by atoms with Crippen LogP contribution in [0.3, 0.4) is 0 Å². The van der Waals surface area contributed by atoms with Gasteiger partial charge in [0, 0.05) is 18.9 Å². The Hall–Kier alpha value is -3.70. The second-order valence-corrected chi connectivity index (χ2v) is 5.55. The smallest absolute Gasteiger partial charge is 0.406 e. The highest BCUT2D eigenvalue weighted by molar-refractivity contribution is 6.00. The number of carbonyl (C=O) groups is 1. The molecule has 0 fully saturated rings. The number of benzene rings is 1. The number of hydrogen-bond donors (Lipinski definition) is 1. The highest BCUT2D eigenvalue weighted by Crippen LogP contribution is 2.24. The van der Waals surface area contributed by atoms with E-state index in [0.717, 1.165) is 17.7 Å². The third kappa shape index (κ3) is 5.16. The van der Waals surface area contributed by atoms with E-state index < -0.39 is 12.4 Å². The summed E-state index contributed by atoms with van der Waals surface area (Å²) < 4.78 is 40.3. The number of hydrogen-bond acceptors (Lipinski definition) is 6. The molecule has 0 atom stereocenters. The summed E-state index contributed by atoms with van der Waals surface area (Å²) in [5, 5.41) is 13.9. The molecule has 0 spiro atoms. The Morgan fingerprint density at radius 1 is 1.25 bits per heavy atom. The predicted molar refractivity (Wildman–Crippen MR) is 91.7 cm³/mol. The molecule has 3 rings (SSSR count). The van der Waals surface area contributed by atoms with Gasteiger partial charge in [0.15, 0.2) is 6.33 Å². The van der Waals surface area contributed by atoms with E-state index in [1.807, 2.05) is 0 Å².